The number of amides is 1. The average Bonchev–Trinajstić information content (AvgIpc) is 3.27. The number of fused-ring (bicyclic) bond motifs is 1. The minimum atomic E-state index is -0.00942. The second-order valence-corrected chi connectivity index (χ2v) is 9.86. The van der Waals surface area contributed by atoms with E-state index >= 15 is 0 Å². The van der Waals surface area contributed by atoms with Gasteiger partial charge in [-0.3, -0.25) is 4.79 Å². The molecular weight excluding hydrogens is 454 g/mol. The summed E-state index contributed by atoms with van der Waals surface area (Å²) in [7, 11) is 0. The SMILES string of the molecule is Cc1cc(C)c(C)c(Cn2c(CNC(=O)Cc3ccc(-c4ccccc4)cc3)nc3ccccc32)c1C. The Kier molecular flexibility index (Phi) is 6.91. The number of imidazole rings is 1. The number of para-hydroxylation sites is 2. The van der Waals surface area contributed by atoms with Gasteiger partial charge in [0.2, 0.25) is 5.91 Å². The first-order chi connectivity index (χ1) is 17.9. The second kappa shape index (κ2) is 10.4. The average molecular weight is 488 g/mol. The van der Waals surface area contributed by atoms with Gasteiger partial charge in [0, 0.05) is 6.54 Å². The zero-order chi connectivity index (χ0) is 25.9. The number of carbonyl (C=O) groups excluding carboxylic acids is 1. The Morgan fingerprint density at radius 2 is 1.41 bits per heavy atom. The first kappa shape index (κ1) is 24.5. The molecule has 0 bridgehead atoms. The van der Waals surface area contributed by atoms with Gasteiger partial charge in [0.25, 0.3) is 0 Å². The zero-order valence-corrected chi connectivity index (χ0v) is 22.0. The van der Waals surface area contributed by atoms with Crippen LogP contribution in [-0.4, -0.2) is 15.5 Å². The molecule has 0 saturated carbocycles. The molecule has 0 fully saturated rings. The summed E-state index contributed by atoms with van der Waals surface area (Å²) in [6, 6.07) is 28.9. The van der Waals surface area contributed by atoms with Crippen LogP contribution in [0.5, 0.6) is 0 Å². The molecule has 4 aromatic carbocycles. The summed E-state index contributed by atoms with van der Waals surface area (Å²) in [6.07, 6.45) is 0.338. The van der Waals surface area contributed by atoms with Crippen LogP contribution in [0, 0.1) is 27.7 Å². The molecule has 0 atom stereocenters. The van der Waals surface area contributed by atoms with Crippen LogP contribution in [0.4, 0.5) is 0 Å². The molecule has 5 rings (SSSR count). The molecule has 1 amide bonds. The molecule has 1 heterocycles. The van der Waals surface area contributed by atoms with Crippen molar-refractivity contribution in [1.82, 2.24) is 14.9 Å². The Hall–Kier alpha value is -4.18. The first-order valence-electron chi connectivity index (χ1n) is 12.8. The first-order valence-corrected chi connectivity index (χ1v) is 12.8. The molecule has 5 aromatic rings. The molecule has 186 valence electrons. The number of nitrogens with zero attached hydrogens (tertiary/aromatic N) is 2. The molecule has 1 aromatic heterocycles. The van der Waals surface area contributed by atoms with Crippen LogP contribution >= 0.6 is 0 Å². The molecule has 0 aliphatic rings. The minimum absolute atomic E-state index is 0.00942. The van der Waals surface area contributed by atoms with E-state index in [2.05, 4.69) is 74.0 Å². The summed E-state index contributed by atoms with van der Waals surface area (Å²) in [4.78, 5) is 17.8. The lowest BCUT2D eigenvalue weighted by Gasteiger charge is -2.18. The van der Waals surface area contributed by atoms with Gasteiger partial charge in [-0.15, -0.1) is 0 Å². The van der Waals surface area contributed by atoms with Crippen molar-refractivity contribution in [2.24, 2.45) is 0 Å². The lowest BCUT2D eigenvalue weighted by atomic mass is 9.94. The van der Waals surface area contributed by atoms with Crippen molar-refractivity contribution in [2.45, 2.75) is 47.2 Å². The van der Waals surface area contributed by atoms with Crippen molar-refractivity contribution in [3.05, 3.63) is 124 Å². The highest BCUT2D eigenvalue weighted by Gasteiger charge is 2.16. The van der Waals surface area contributed by atoms with E-state index in [4.69, 9.17) is 4.98 Å². The molecule has 0 aliphatic carbocycles. The molecule has 4 heteroatoms. The summed E-state index contributed by atoms with van der Waals surface area (Å²) in [6.45, 7) is 9.85. The van der Waals surface area contributed by atoms with E-state index in [1.54, 1.807) is 0 Å². The summed E-state index contributed by atoms with van der Waals surface area (Å²) in [5.74, 6) is 0.858. The Bertz CT molecular complexity index is 1540. The fourth-order valence-corrected chi connectivity index (χ4v) is 5.00. The van der Waals surface area contributed by atoms with Gasteiger partial charge in [0.1, 0.15) is 5.82 Å². The summed E-state index contributed by atoms with van der Waals surface area (Å²) < 4.78 is 2.25. The summed E-state index contributed by atoms with van der Waals surface area (Å²) in [5, 5.41) is 3.11. The fraction of sp³-hybridized carbons (Fsp3) is 0.212. The maximum absolute atomic E-state index is 12.9. The van der Waals surface area contributed by atoms with E-state index in [-0.39, 0.29) is 5.91 Å². The van der Waals surface area contributed by atoms with Gasteiger partial charge in [0.15, 0.2) is 0 Å². The van der Waals surface area contributed by atoms with Gasteiger partial charge in [0.05, 0.1) is 24.0 Å². The van der Waals surface area contributed by atoms with Crippen molar-refractivity contribution in [1.29, 1.82) is 0 Å². The Morgan fingerprint density at radius 3 is 2.11 bits per heavy atom. The van der Waals surface area contributed by atoms with E-state index in [1.165, 1.54) is 33.4 Å². The third-order valence-corrected chi connectivity index (χ3v) is 7.44. The van der Waals surface area contributed by atoms with Crippen LogP contribution in [0.3, 0.4) is 0 Å². The predicted octanol–water partition coefficient (Wildman–Crippen LogP) is 6.84. The molecule has 0 saturated heterocycles. The Labute approximate surface area is 219 Å². The van der Waals surface area contributed by atoms with E-state index in [1.807, 2.05) is 48.5 Å². The zero-order valence-electron chi connectivity index (χ0n) is 22.0. The van der Waals surface area contributed by atoms with Crippen LogP contribution in [0.15, 0.2) is 84.9 Å². The monoisotopic (exact) mass is 487 g/mol. The molecular formula is C33H33N3O. The Balaban J connectivity index is 1.34. The number of carbonyl (C=O) groups is 1. The maximum atomic E-state index is 12.9. The number of aromatic nitrogens is 2. The molecule has 37 heavy (non-hydrogen) atoms. The third kappa shape index (κ3) is 5.19. The van der Waals surface area contributed by atoms with E-state index in [0.717, 1.165) is 34.5 Å². The van der Waals surface area contributed by atoms with Gasteiger partial charge in [-0.05, 0) is 84.3 Å². The lowest BCUT2D eigenvalue weighted by molar-refractivity contribution is -0.120. The largest absolute Gasteiger partial charge is 0.349 e. The lowest BCUT2D eigenvalue weighted by Crippen LogP contribution is -2.26. The van der Waals surface area contributed by atoms with E-state index < -0.39 is 0 Å². The van der Waals surface area contributed by atoms with Gasteiger partial charge in [-0.2, -0.15) is 0 Å². The number of aryl methyl sites for hydroxylation is 2. The van der Waals surface area contributed by atoms with Crippen molar-refractivity contribution < 1.29 is 4.79 Å². The van der Waals surface area contributed by atoms with Crippen molar-refractivity contribution >= 4 is 16.9 Å². The van der Waals surface area contributed by atoms with Crippen molar-refractivity contribution in [3.63, 3.8) is 0 Å². The molecule has 0 aliphatic heterocycles. The van der Waals surface area contributed by atoms with Crippen LogP contribution in [-0.2, 0) is 24.3 Å². The van der Waals surface area contributed by atoms with Crippen LogP contribution in [0.25, 0.3) is 22.2 Å². The van der Waals surface area contributed by atoms with Crippen LogP contribution in [0.2, 0.25) is 0 Å². The van der Waals surface area contributed by atoms with Crippen LogP contribution in [0.1, 0.15) is 39.2 Å². The second-order valence-electron chi connectivity index (χ2n) is 9.86. The highest BCUT2D eigenvalue weighted by molar-refractivity contribution is 5.79. The highest BCUT2D eigenvalue weighted by Crippen LogP contribution is 2.26. The molecule has 0 spiro atoms. The van der Waals surface area contributed by atoms with Crippen molar-refractivity contribution in [2.75, 3.05) is 0 Å². The number of hydrogen-bond acceptors (Lipinski definition) is 2. The van der Waals surface area contributed by atoms with Gasteiger partial charge < -0.3 is 9.88 Å². The maximum Gasteiger partial charge on any atom is 0.224 e. The number of benzene rings is 4. The topological polar surface area (TPSA) is 46.9 Å². The van der Waals surface area contributed by atoms with Gasteiger partial charge in [-0.25, -0.2) is 4.98 Å². The third-order valence-electron chi connectivity index (χ3n) is 7.44. The molecule has 0 radical (unpaired) electrons. The number of nitrogens with one attached hydrogen (secondary N) is 1. The number of rotatable bonds is 7. The number of hydrogen-bond donors (Lipinski definition) is 1. The smallest absolute Gasteiger partial charge is 0.224 e. The van der Waals surface area contributed by atoms with E-state index in [0.29, 0.717) is 13.0 Å². The summed E-state index contributed by atoms with van der Waals surface area (Å²) >= 11 is 0. The quantitative estimate of drug-likeness (QED) is 0.273. The predicted molar refractivity (Wildman–Crippen MR) is 152 cm³/mol. The van der Waals surface area contributed by atoms with Gasteiger partial charge >= 0.3 is 0 Å². The Morgan fingerprint density at radius 1 is 0.784 bits per heavy atom. The molecule has 1 N–H and O–H groups in total. The highest BCUT2D eigenvalue weighted by atomic mass is 16.1. The molecule has 4 nitrogen and oxygen atoms in total. The minimum Gasteiger partial charge on any atom is -0.349 e. The fourth-order valence-electron chi connectivity index (χ4n) is 5.00. The normalized spacial score (nSPS) is 11.1. The van der Waals surface area contributed by atoms with Crippen LogP contribution < -0.4 is 5.32 Å². The summed E-state index contributed by atoms with van der Waals surface area (Å²) in [5.41, 5.74) is 11.9. The van der Waals surface area contributed by atoms with E-state index in [9.17, 15) is 4.79 Å². The molecule has 0 unspecified atom stereocenters. The van der Waals surface area contributed by atoms with Gasteiger partial charge in [-0.1, -0.05) is 72.8 Å². The standard InChI is InChI=1S/C33H33N3O/c1-22-18-23(2)25(4)29(24(22)3)21-36-31-13-9-8-12-30(31)35-32(36)20-34-33(37)19-26-14-16-28(17-15-26)27-10-6-5-7-11-27/h5-18H,19-21H2,1-4H3,(H,34,37). The van der Waals surface area contributed by atoms with Crippen molar-refractivity contribution in [3.8, 4) is 11.1 Å².